The van der Waals surface area contributed by atoms with Crippen LogP contribution in [0.3, 0.4) is 0 Å². The number of nitrogens with zero attached hydrogens (tertiary/aromatic N) is 3. The number of aromatic nitrogens is 2. The first-order chi connectivity index (χ1) is 8.65. The highest BCUT2D eigenvalue weighted by atomic mass is 35.5. The molecule has 0 bridgehead atoms. The number of hydrogen-bond donors (Lipinski definition) is 0. The van der Waals surface area contributed by atoms with Crippen molar-refractivity contribution >= 4 is 11.6 Å². The van der Waals surface area contributed by atoms with Crippen LogP contribution in [0, 0.1) is 11.3 Å². The summed E-state index contributed by atoms with van der Waals surface area (Å²) in [5.41, 5.74) is -0.678. The number of halogens is 3. The van der Waals surface area contributed by atoms with Crippen molar-refractivity contribution in [2.24, 2.45) is 0 Å². The molecule has 1 aliphatic carbocycles. The lowest BCUT2D eigenvalue weighted by Crippen LogP contribution is -2.10. The fourth-order valence-corrected chi connectivity index (χ4v) is 2.75. The quantitative estimate of drug-likeness (QED) is 0.756. The molecule has 0 amide bonds. The molecule has 3 nitrogen and oxygen atoms in total. The summed E-state index contributed by atoms with van der Waals surface area (Å²) in [5, 5.41) is 12.8. The van der Waals surface area contributed by atoms with Gasteiger partial charge in [0.15, 0.2) is 0 Å². The summed E-state index contributed by atoms with van der Waals surface area (Å²) in [6.45, 7) is 0. The summed E-state index contributed by atoms with van der Waals surface area (Å²) in [6, 6.07) is 1.77. The SMILES string of the molecule is N#Cc1c(C(F)F)nn(C2CCCCCC2)c1Cl. The fraction of sp³-hybridized carbons (Fsp3) is 0.667. The lowest BCUT2D eigenvalue weighted by molar-refractivity contribution is 0.144. The molecule has 1 aromatic heterocycles. The third kappa shape index (κ3) is 2.49. The van der Waals surface area contributed by atoms with Gasteiger partial charge in [-0.1, -0.05) is 37.3 Å². The summed E-state index contributed by atoms with van der Waals surface area (Å²) in [6.07, 6.45) is 3.41. The van der Waals surface area contributed by atoms with E-state index in [4.69, 9.17) is 16.9 Å². The molecule has 1 fully saturated rings. The van der Waals surface area contributed by atoms with Gasteiger partial charge in [-0.25, -0.2) is 13.5 Å². The van der Waals surface area contributed by atoms with E-state index in [1.807, 2.05) is 0 Å². The molecule has 1 saturated carbocycles. The maximum atomic E-state index is 12.8. The molecule has 0 unspecified atom stereocenters. The Morgan fingerprint density at radius 3 is 2.33 bits per heavy atom. The maximum absolute atomic E-state index is 12.8. The van der Waals surface area contributed by atoms with Crippen LogP contribution in [0.4, 0.5) is 8.78 Å². The molecule has 2 rings (SSSR count). The first-order valence-electron chi connectivity index (χ1n) is 6.11. The summed E-state index contributed by atoms with van der Waals surface area (Å²) < 4.78 is 27.0. The van der Waals surface area contributed by atoms with E-state index in [-0.39, 0.29) is 16.8 Å². The zero-order valence-electron chi connectivity index (χ0n) is 9.87. The molecular formula is C12H14ClF2N3. The minimum Gasteiger partial charge on any atom is -0.249 e. The van der Waals surface area contributed by atoms with Crippen molar-refractivity contribution in [2.75, 3.05) is 0 Å². The molecule has 98 valence electrons. The molecule has 0 radical (unpaired) electrons. The van der Waals surface area contributed by atoms with Crippen molar-refractivity contribution < 1.29 is 8.78 Å². The number of nitriles is 1. The van der Waals surface area contributed by atoms with Crippen molar-refractivity contribution in [1.29, 1.82) is 5.26 Å². The Bertz CT molecular complexity index is 457. The van der Waals surface area contributed by atoms with Crippen LogP contribution in [0.5, 0.6) is 0 Å². The zero-order chi connectivity index (χ0) is 13.1. The predicted octanol–water partition coefficient (Wildman–Crippen LogP) is 4.24. The van der Waals surface area contributed by atoms with Crippen LogP contribution in [0.15, 0.2) is 0 Å². The number of alkyl halides is 2. The maximum Gasteiger partial charge on any atom is 0.283 e. The van der Waals surface area contributed by atoms with Gasteiger partial charge in [-0.15, -0.1) is 0 Å². The summed E-state index contributed by atoms with van der Waals surface area (Å²) >= 11 is 6.00. The molecule has 0 spiro atoms. The first-order valence-corrected chi connectivity index (χ1v) is 6.49. The zero-order valence-corrected chi connectivity index (χ0v) is 10.6. The molecule has 1 aliphatic rings. The van der Waals surface area contributed by atoms with Crippen LogP contribution in [0.25, 0.3) is 0 Å². The van der Waals surface area contributed by atoms with Gasteiger partial charge in [0.1, 0.15) is 22.5 Å². The van der Waals surface area contributed by atoms with E-state index in [0.717, 1.165) is 38.5 Å². The Labute approximate surface area is 109 Å². The van der Waals surface area contributed by atoms with Crippen molar-refractivity contribution in [1.82, 2.24) is 9.78 Å². The van der Waals surface area contributed by atoms with Gasteiger partial charge in [0.05, 0.1) is 6.04 Å². The molecule has 0 aromatic carbocycles. The topological polar surface area (TPSA) is 41.6 Å². The lowest BCUT2D eigenvalue weighted by Gasteiger charge is -2.15. The van der Waals surface area contributed by atoms with Gasteiger partial charge in [0.25, 0.3) is 6.43 Å². The highest BCUT2D eigenvalue weighted by Crippen LogP contribution is 2.34. The Balaban J connectivity index is 2.35. The van der Waals surface area contributed by atoms with E-state index in [2.05, 4.69) is 5.10 Å². The minimum absolute atomic E-state index is 0.0413. The van der Waals surface area contributed by atoms with Gasteiger partial charge in [0, 0.05) is 0 Å². The van der Waals surface area contributed by atoms with Gasteiger partial charge >= 0.3 is 0 Å². The summed E-state index contributed by atoms with van der Waals surface area (Å²) in [4.78, 5) is 0. The largest absolute Gasteiger partial charge is 0.283 e. The molecule has 6 heteroatoms. The van der Waals surface area contributed by atoms with Crippen molar-refractivity contribution in [3.63, 3.8) is 0 Å². The minimum atomic E-state index is -2.76. The Morgan fingerprint density at radius 2 is 1.89 bits per heavy atom. The standard InChI is InChI=1S/C12H14ClF2N3/c13-11-9(7-16)10(12(14)15)17-18(11)8-5-3-1-2-4-6-8/h8,12H,1-6H2. The monoisotopic (exact) mass is 273 g/mol. The average Bonchev–Trinajstić information content (AvgIpc) is 2.55. The van der Waals surface area contributed by atoms with Crippen LogP contribution in [0.2, 0.25) is 5.15 Å². The smallest absolute Gasteiger partial charge is 0.249 e. The van der Waals surface area contributed by atoms with Crippen LogP contribution in [0.1, 0.15) is 62.2 Å². The van der Waals surface area contributed by atoms with Crippen LogP contribution in [-0.2, 0) is 0 Å². The predicted molar refractivity (Wildman–Crippen MR) is 63.6 cm³/mol. The van der Waals surface area contributed by atoms with E-state index in [1.54, 1.807) is 6.07 Å². The molecule has 1 heterocycles. The van der Waals surface area contributed by atoms with Gasteiger partial charge < -0.3 is 0 Å². The highest BCUT2D eigenvalue weighted by Gasteiger charge is 2.26. The first kappa shape index (κ1) is 13.3. The number of hydrogen-bond acceptors (Lipinski definition) is 2. The summed E-state index contributed by atoms with van der Waals surface area (Å²) in [5.74, 6) is 0. The van der Waals surface area contributed by atoms with Gasteiger partial charge in [-0.2, -0.15) is 10.4 Å². The van der Waals surface area contributed by atoms with Gasteiger partial charge in [-0.3, -0.25) is 0 Å². The Hall–Kier alpha value is -1.15. The number of rotatable bonds is 2. The normalized spacial score (nSPS) is 17.7. The molecule has 0 aliphatic heterocycles. The van der Waals surface area contributed by atoms with Gasteiger partial charge in [-0.05, 0) is 12.8 Å². The molecular weight excluding hydrogens is 260 g/mol. The van der Waals surface area contributed by atoms with Crippen molar-refractivity contribution in [3.8, 4) is 6.07 Å². The van der Waals surface area contributed by atoms with E-state index in [1.165, 1.54) is 4.68 Å². The second-order valence-electron chi connectivity index (χ2n) is 4.55. The van der Waals surface area contributed by atoms with E-state index in [0.29, 0.717) is 0 Å². The van der Waals surface area contributed by atoms with Crippen LogP contribution >= 0.6 is 11.6 Å². The van der Waals surface area contributed by atoms with Gasteiger partial charge in [0.2, 0.25) is 0 Å². The van der Waals surface area contributed by atoms with E-state index < -0.39 is 12.1 Å². The van der Waals surface area contributed by atoms with Crippen molar-refractivity contribution in [3.05, 3.63) is 16.4 Å². The van der Waals surface area contributed by atoms with E-state index >= 15 is 0 Å². The second-order valence-corrected chi connectivity index (χ2v) is 4.91. The second kappa shape index (κ2) is 5.66. The third-order valence-corrected chi connectivity index (χ3v) is 3.73. The highest BCUT2D eigenvalue weighted by molar-refractivity contribution is 6.30. The Kier molecular flexibility index (Phi) is 4.18. The van der Waals surface area contributed by atoms with Crippen LogP contribution in [-0.4, -0.2) is 9.78 Å². The van der Waals surface area contributed by atoms with Crippen LogP contribution < -0.4 is 0 Å². The molecule has 0 N–H and O–H groups in total. The fourth-order valence-electron chi connectivity index (χ4n) is 2.43. The molecule has 0 atom stereocenters. The van der Waals surface area contributed by atoms with E-state index in [9.17, 15) is 8.78 Å². The third-order valence-electron chi connectivity index (χ3n) is 3.37. The molecule has 0 saturated heterocycles. The average molecular weight is 274 g/mol. The summed E-state index contributed by atoms with van der Waals surface area (Å²) in [7, 11) is 0. The molecule has 18 heavy (non-hydrogen) atoms. The lowest BCUT2D eigenvalue weighted by atomic mass is 10.1. The van der Waals surface area contributed by atoms with Crippen molar-refractivity contribution in [2.45, 2.75) is 51.0 Å². The molecule has 1 aromatic rings. The Morgan fingerprint density at radius 1 is 1.28 bits per heavy atom.